The topological polar surface area (TPSA) is 86.8 Å². The predicted octanol–water partition coefficient (Wildman–Crippen LogP) is 4.13. The molecule has 0 aliphatic heterocycles. The van der Waals surface area contributed by atoms with Gasteiger partial charge in [0, 0.05) is 22.6 Å². The van der Waals surface area contributed by atoms with Crippen LogP contribution in [0, 0.1) is 0 Å². The van der Waals surface area contributed by atoms with Gasteiger partial charge in [0.1, 0.15) is 12.6 Å². The molecule has 7 nitrogen and oxygen atoms in total. The number of carbonyl (C=O) groups excluding carboxylic acids is 2. The normalized spacial score (nSPS) is 12.3. The Labute approximate surface area is 212 Å². The number of hydrogen-bond donors (Lipinski definition) is 1. The zero-order chi connectivity index (χ0) is 25.5. The van der Waals surface area contributed by atoms with E-state index in [1.807, 2.05) is 51.1 Å². The Balaban J connectivity index is 2.39. The third-order valence-electron chi connectivity index (χ3n) is 5.12. The van der Waals surface area contributed by atoms with E-state index >= 15 is 0 Å². The Hall–Kier alpha value is -2.29. The van der Waals surface area contributed by atoms with Crippen molar-refractivity contribution in [2.24, 2.45) is 0 Å². The van der Waals surface area contributed by atoms with Crippen molar-refractivity contribution in [2.75, 3.05) is 23.7 Å². The summed E-state index contributed by atoms with van der Waals surface area (Å²) in [6.07, 6.45) is 1.90. The van der Waals surface area contributed by atoms with Gasteiger partial charge < -0.3 is 10.2 Å². The van der Waals surface area contributed by atoms with Gasteiger partial charge in [-0.05, 0) is 50.5 Å². The fourth-order valence-electron chi connectivity index (χ4n) is 3.57. The lowest BCUT2D eigenvalue weighted by Crippen LogP contribution is -2.54. The van der Waals surface area contributed by atoms with Gasteiger partial charge in [-0.1, -0.05) is 60.5 Å². The summed E-state index contributed by atoms with van der Waals surface area (Å²) in [5.74, 6) is -0.779. The quantitative estimate of drug-likeness (QED) is 0.475. The fourth-order valence-corrected chi connectivity index (χ4v) is 4.92. The molecule has 2 amide bonds. The van der Waals surface area contributed by atoms with Crippen molar-refractivity contribution >= 4 is 50.7 Å². The molecule has 0 saturated heterocycles. The maximum Gasteiger partial charge on any atom is 0.244 e. The molecule has 0 aliphatic rings. The molecule has 0 aromatic heterocycles. The number of sulfonamides is 1. The average molecular weight is 529 g/mol. The lowest BCUT2D eigenvalue weighted by atomic mass is 10.1. The number of benzene rings is 2. The number of anilines is 1. The molecule has 2 aromatic carbocycles. The van der Waals surface area contributed by atoms with E-state index in [0.29, 0.717) is 12.8 Å². The van der Waals surface area contributed by atoms with Crippen molar-refractivity contribution in [2.45, 2.75) is 45.7 Å². The largest absolute Gasteiger partial charge is 0.352 e. The number of hydrogen-bond acceptors (Lipinski definition) is 4. The van der Waals surface area contributed by atoms with Gasteiger partial charge in [-0.3, -0.25) is 13.9 Å². The molecule has 1 unspecified atom stereocenters. The summed E-state index contributed by atoms with van der Waals surface area (Å²) < 4.78 is 26.2. The lowest BCUT2D eigenvalue weighted by Gasteiger charge is -2.33. The highest BCUT2D eigenvalue weighted by atomic mass is 35.5. The average Bonchev–Trinajstić information content (AvgIpc) is 2.73. The minimum Gasteiger partial charge on any atom is -0.352 e. The highest BCUT2D eigenvalue weighted by Gasteiger charge is 2.31. The van der Waals surface area contributed by atoms with E-state index in [4.69, 9.17) is 23.2 Å². The zero-order valence-corrected chi connectivity index (χ0v) is 22.1. The van der Waals surface area contributed by atoms with Crippen LogP contribution >= 0.6 is 23.2 Å². The highest BCUT2D eigenvalue weighted by molar-refractivity contribution is 7.92. The smallest absolute Gasteiger partial charge is 0.244 e. The first-order chi connectivity index (χ1) is 15.9. The Bertz CT molecular complexity index is 1070. The van der Waals surface area contributed by atoms with Crippen LogP contribution in [0.1, 0.15) is 32.8 Å². The van der Waals surface area contributed by atoms with Crippen molar-refractivity contribution in [1.29, 1.82) is 0 Å². The van der Waals surface area contributed by atoms with Crippen LogP contribution in [-0.2, 0) is 26.0 Å². The van der Waals surface area contributed by atoms with Gasteiger partial charge in [0.15, 0.2) is 0 Å². The number of nitrogens with zero attached hydrogens (tertiary/aromatic N) is 2. The molecule has 1 N–H and O–H groups in total. The molecule has 0 aliphatic carbocycles. The highest BCUT2D eigenvalue weighted by Crippen LogP contribution is 2.27. The van der Waals surface area contributed by atoms with Crippen LogP contribution in [0.2, 0.25) is 10.0 Å². The molecular weight excluding hydrogens is 497 g/mol. The number of rotatable bonds is 11. The summed E-state index contributed by atoms with van der Waals surface area (Å²) in [6, 6.07) is 13.1. The first-order valence-corrected chi connectivity index (χ1v) is 13.6. The molecule has 2 rings (SSSR count). The van der Waals surface area contributed by atoms with Crippen LogP contribution < -0.4 is 9.62 Å². The van der Waals surface area contributed by atoms with Crippen LogP contribution in [0.4, 0.5) is 5.69 Å². The maximum atomic E-state index is 13.5. The van der Waals surface area contributed by atoms with E-state index in [0.717, 1.165) is 16.1 Å². The second-order valence-corrected chi connectivity index (χ2v) is 11.1. The third-order valence-corrected chi connectivity index (χ3v) is 6.69. The second-order valence-electron chi connectivity index (χ2n) is 8.31. The molecule has 0 radical (unpaired) electrons. The minimum atomic E-state index is -3.85. The van der Waals surface area contributed by atoms with Gasteiger partial charge in [-0.25, -0.2) is 8.42 Å². The molecule has 0 saturated carbocycles. The van der Waals surface area contributed by atoms with Crippen molar-refractivity contribution < 1.29 is 18.0 Å². The van der Waals surface area contributed by atoms with Gasteiger partial charge in [-0.15, -0.1) is 0 Å². The Morgan fingerprint density at radius 1 is 1.03 bits per heavy atom. The second kappa shape index (κ2) is 12.4. The summed E-state index contributed by atoms with van der Waals surface area (Å²) >= 11 is 12.1. The molecule has 2 aromatic rings. The van der Waals surface area contributed by atoms with Crippen molar-refractivity contribution in [3.05, 3.63) is 64.1 Å². The van der Waals surface area contributed by atoms with E-state index in [1.165, 1.54) is 23.1 Å². The molecule has 34 heavy (non-hydrogen) atoms. The van der Waals surface area contributed by atoms with Crippen molar-refractivity contribution in [1.82, 2.24) is 10.2 Å². The summed E-state index contributed by atoms with van der Waals surface area (Å²) in [4.78, 5) is 27.9. The first kappa shape index (κ1) is 28.0. The van der Waals surface area contributed by atoms with E-state index in [2.05, 4.69) is 5.32 Å². The number of nitrogens with one attached hydrogen (secondary N) is 1. The molecule has 0 bridgehead atoms. The van der Waals surface area contributed by atoms with Crippen molar-refractivity contribution in [3.63, 3.8) is 0 Å². The van der Waals surface area contributed by atoms with Gasteiger partial charge in [0.25, 0.3) is 0 Å². The molecule has 0 spiro atoms. The summed E-state index contributed by atoms with van der Waals surface area (Å²) in [6.45, 7) is 5.26. The van der Waals surface area contributed by atoms with Crippen LogP contribution in [0.3, 0.4) is 0 Å². The van der Waals surface area contributed by atoms with E-state index in [-0.39, 0.29) is 34.2 Å². The van der Waals surface area contributed by atoms with Crippen LogP contribution in [-0.4, -0.2) is 56.6 Å². The Kier molecular flexibility index (Phi) is 10.2. The predicted molar refractivity (Wildman–Crippen MR) is 138 cm³/mol. The van der Waals surface area contributed by atoms with E-state index < -0.39 is 28.5 Å². The van der Waals surface area contributed by atoms with Gasteiger partial charge >= 0.3 is 0 Å². The minimum absolute atomic E-state index is 0.103. The number of carbonyl (C=O) groups is 2. The monoisotopic (exact) mass is 527 g/mol. The summed E-state index contributed by atoms with van der Waals surface area (Å²) in [7, 11) is -3.85. The Morgan fingerprint density at radius 3 is 2.12 bits per heavy atom. The third kappa shape index (κ3) is 8.18. The van der Waals surface area contributed by atoms with E-state index in [9.17, 15) is 18.0 Å². The van der Waals surface area contributed by atoms with Crippen LogP contribution in [0.5, 0.6) is 0 Å². The fraction of sp³-hybridized carbons (Fsp3) is 0.417. The molecular formula is C24H31Cl2N3O4S. The van der Waals surface area contributed by atoms with Gasteiger partial charge in [-0.2, -0.15) is 0 Å². The lowest BCUT2D eigenvalue weighted by molar-refractivity contribution is -0.139. The van der Waals surface area contributed by atoms with Gasteiger partial charge in [0.2, 0.25) is 21.8 Å². The maximum absolute atomic E-state index is 13.5. The first-order valence-electron chi connectivity index (χ1n) is 11.0. The number of halogens is 2. The Morgan fingerprint density at radius 2 is 1.62 bits per heavy atom. The molecule has 1 atom stereocenters. The molecule has 0 fully saturated rings. The standard InChI is InChI=1S/C24H31Cl2N3O4S/c1-5-22(24(31)27-17(2)3)28(12-11-18-9-7-6-8-10-18)23(30)16-29(34(4,32)33)21-14-19(25)13-20(26)15-21/h6-10,13-15,17,22H,5,11-12,16H2,1-4H3,(H,27,31). The van der Waals surface area contributed by atoms with E-state index in [1.54, 1.807) is 0 Å². The van der Waals surface area contributed by atoms with Crippen molar-refractivity contribution in [3.8, 4) is 0 Å². The molecule has 186 valence electrons. The zero-order valence-electron chi connectivity index (χ0n) is 19.8. The van der Waals surface area contributed by atoms with Gasteiger partial charge in [0.05, 0.1) is 11.9 Å². The number of amides is 2. The van der Waals surface area contributed by atoms with Crippen LogP contribution in [0.15, 0.2) is 48.5 Å². The molecule has 0 heterocycles. The summed E-state index contributed by atoms with van der Waals surface area (Å²) in [5, 5.41) is 3.34. The summed E-state index contributed by atoms with van der Waals surface area (Å²) in [5.41, 5.74) is 1.18. The SMILES string of the molecule is CCC(C(=O)NC(C)C)N(CCc1ccccc1)C(=O)CN(c1cc(Cl)cc(Cl)c1)S(C)(=O)=O. The molecule has 10 heteroatoms. The van der Waals surface area contributed by atoms with Crippen LogP contribution in [0.25, 0.3) is 0 Å².